The Hall–Kier alpha value is -0.570. The highest BCUT2D eigenvalue weighted by Gasteiger charge is 2.29. The molecule has 0 aromatic carbocycles. The second kappa shape index (κ2) is 5.17. The first-order valence-corrected chi connectivity index (χ1v) is 6.36. The second-order valence-electron chi connectivity index (χ2n) is 6.13. The molecular weight excluding hydrogens is 200 g/mol. The number of primary amides is 1. The van der Waals surface area contributed by atoms with E-state index in [4.69, 9.17) is 5.73 Å². The van der Waals surface area contributed by atoms with E-state index in [1.807, 2.05) is 13.8 Å². The maximum atomic E-state index is 11.2. The van der Waals surface area contributed by atoms with Crippen LogP contribution in [0.1, 0.15) is 47.0 Å². The van der Waals surface area contributed by atoms with Crippen LogP contribution in [-0.4, -0.2) is 18.5 Å². The van der Waals surface area contributed by atoms with Gasteiger partial charge >= 0.3 is 0 Å². The van der Waals surface area contributed by atoms with E-state index in [1.165, 1.54) is 19.3 Å². The highest BCUT2D eigenvalue weighted by atomic mass is 16.1. The smallest absolute Gasteiger partial charge is 0.224 e. The van der Waals surface area contributed by atoms with Crippen LogP contribution < -0.4 is 11.1 Å². The molecule has 1 fully saturated rings. The third-order valence-corrected chi connectivity index (χ3v) is 3.93. The molecule has 0 radical (unpaired) electrons. The lowest BCUT2D eigenvalue weighted by atomic mass is 9.79. The molecular formula is C13H26N2O. The van der Waals surface area contributed by atoms with Gasteiger partial charge in [-0.05, 0) is 38.5 Å². The van der Waals surface area contributed by atoms with Crippen molar-refractivity contribution in [1.82, 2.24) is 5.32 Å². The van der Waals surface area contributed by atoms with Crippen molar-refractivity contribution in [3.63, 3.8) is 0 Å². The van der Waals surface area contributed by atoms with Crippen LogP contribution in [-0.2, 0) is 4.79 Å². The van der Waals surface area contributed by atoms with Gasteiger partial charge < -0.3 is 11.1 Å². The van der Waals surface area contributed by atoms with Gasteiger partial charge in [0.15, 0.2) is 0 Å². The first-order chi connectivity index (χ1) is 7.33. The Morgan fingerprint density at radius 3 is 2.56 bits per heavy atom. The van der Waals surface area contributed by atoms with Gasteiger partial charge in [0.2, 0.25) is 5.91 Å². The van der Waals surface area contributed by atoms with Crippen molar-refractivity contribution < 1.29 is 4.79 Å². The second-order valence-corrected chi connectivity index (χ2v) is 6.13. The van der Waals surface area contributed by atoms with Gasteiger partial charge in [-0.2, -0.15) is 0 Å². The largest absolute Gasteiger partial charge is 0.369 e. The molecule has 0 aliphatic heterocycles. The summed E-state index contributed by atoms with van der Waals surface area (Å²) < 4.78 is 0. The average molecular weight is 226 g/mol. The lowest BCUT2D eigenvalue weighted by molar-refractivity contribution is -0.125. The van der Waals surface area contributed by atoms with Crippen LogP contribution in [0, 0.1) is 17.3 Å². The summed E-state index contributed by atoms with van der Waals surface area (Å²) in [5, 5.41) is 3.52. The summed E-state index contributed by atoms with van der Waals surface area (Å²) in [6, 6.07) is 0.544. The van der Waals surface area contributed by atoms with Crippen molar-refractivity contribution in [2.75, 3.05) is 6.54 Å². The molecule has 3 heteroatoms. The Morgan fingerprint density at radius 2 is 2.00 bits per heavy atom. The van der Waals surface area contributed by atoms with Gasteiger partial charge in [0.25, 0.3) is 0 Å². The van der Waals surface area contributed by atoms with Crippen LogP contribution in [0.4, 0.5) is 0 Å². The summed E-state index contributed by atoms with van der Waals surface area (Å²) >= 11 is 0. The summed E-state index contributed by atoms with van der Waals surface area (Å²) in [6.07, 6.45) is 3.84. The topological polar surface area (TPSA) is 55.1 Å². The fraction of sp³-hybridized carbons (Fsp3) is 0.923. The van der Waals surface area contributed by atoms with Crippen molar-refractivity contribution >= 4 is 5.91 Å². The normalized spacial score (nSPS) is 31.4. The van der Waals surface area contributed by atoms with Crippen LogP contribution in [0.2, 0.25) is 0 Å². The molecule has 0 bridgehead atoms. The first kappa shape index (κ1) is 13.5. The Kier molecular flexibility index (Phi) is 4.36. The van der Waals surface area contributed by atoms with Crippen LogP contribution in [0.5, 0.6) is 0 Å². The van der Waals surface area contributed by atoms with Crippen molar-refractivity contribution in [3.05, 3.63) is 0 Å². The molecule has 0 aromatic heterocycles. The number of carbonyl (C=O) groups is 1. The minimum Gasteiger partial charge on any atom is -0.369 e. The summed E-state index contributed by atoms with van der Waals surface area (Å²) in [4.78, 5) is 11.2. The fourth-order valence-corrected chi connectivity index (χ4v) is 2.29. The number of hydrogen-bond acceptors (Lipinski definition) is 2. The zero-order valence-corrected chi connectivity index (χ0v) is 11.0. The SMILES string of the molecule is CC1CCC(C)C(NCC(C)(C)C(N)=O)C1. The maximum Gasteiger partial charge on any atom is 0.224 e. The summed E-state index contributed by atoms with van der Waals surface area (Å²) in [6.45, 7) is 9.09. The molecule has 1 aliphatic rings. The van der Waals surface area contributed by atoms with E-state index in [-0.39, 0.29) is 5.91 Å². The molecule has 0 spiro atoms. The molecule has 94 valence electrons. The van der Waals surface area contributed by atoms with Crippen molar-refractivity contribution in [1.29, 1.82) is 0 Å². The van der Waals surface area contributed by atoms with E-state index in [0.717, 1.165) is 5.92 Å². The number of carbonyl (C=O) groups excluding carboxylic acids is 1. The average Bonchev–Trinajstić information content (AvgIpc) is 2.19. The van der Waals surface area contributed by atoms with Crippen LogP contribution >= 0.6 is 0 Å². The van der Waals surface area contributed by atoms with Gasteiger partial charge in [0, 0.05) is 12.6 Å². The zero-order valence-electron chi connectivity index (χ0n) is 11.0. The Labute approximate surface area is 99.2 Å². The molecule has 1 aliphatic carbocycles. The van der Waals surface area contributed by atoms with Crippen LogP contribution in [0.3, 0.4) is 0 Å². The molecule has 0 saturated heterocycles. The van der Waals surface area contributed by atoms with Crippen molar-refractivity contribution in [3.8, 4) is 0 Å². The third-order valence-electron chi connectivity index (χ3n) is 3.93. The molecule has 1 rings (SSSR count). The molecule has 16 heavy (non-hydrogen) atoms. The maximum absolute atomic E-state index is 11.2. The number of nitrogens with one attached hydrogen (secondary N) is 1. The van der Waals surface area contributed by atoms with E-state index in [0.29, 0.717) is 18.5 Å². The van der Waals surface area contributed by atoms with Gasteiger partial charge in [0.05, 0.1) is 5.41 Å². The molecule has 0 aromatic rings. The third kappa shape index (κ3) is 3.48. The number of hydrogen-bond donors (Lipinski definition) is 2. The van der Waals surface area contributed by atoms with E-state index < -0.39 is 5.41 Å². The first-order valence-electron chi connectivity index (χ1n) is 6.36. The standard InChI is InChI=1S/C13H26N2O/c1-9-5-6-10(2)11(7-9)15-8-13(3,4)12(14)16/h9-11,15H,5-8H2,1-4H3,(H2,14,16). The zero-order chi connectivity index (χ0) is 12.3. The molecule has 3 unspecified atom stereocenters. The summed E-state index contributed by atoms with van der Waals surface area (Å²) in [5.41, 5.74) is 4.92. The van der Waals surface area contributed by atoms with E-state index in [2.05, 4.69) is 19.2 Å². The Bertz CT molecular complexity index is 250. The van der Waals surface area contributed by atoms with Crippen LogP contribution in [0.25, 0.3) is 0 Å². The highest BCUT2D eigenvalue weighted by Crippen LogP contribution is 2.28. The summed E-state index contributed by atoms with van der Waals surface area (Å²) in [7, 11) is 0. The number of nitrogens with two attached hydrogens (primary N) is 1. The molecule has 3 nitrogen and oxygen atoms in total. The lowest BCUT2D eigenvalue weighted by Gasteiger charge is -2.35. The predicted molar refractivity (Wildman–Crippen MR) is 66.9 cm³/mol. The number of amides is 1. The van der Waals surface area contributed by atoms with E-state index in [9.17, 15) is 4.79 Å². The van der Waals surface area contributed by atoms with Gasteiger partial charge in [-0.1, -0.05) is 20.3 Å². The minimum absolute atomic E-state index is 0.225. The molecule has 1 saturated carbocycles. The Morgan fingerprint density at radius 1 is 1.38 bits per heavy atom. The van der Waals surface area contributed by atoms with Gasteiger partial charge in [-0.15, -0.1) is 0 Å². The Balaban J connectivity index is 2.44. The van der Waals surface area contributed by atoms with Gasteiger partial charge in [0.1, 0.15) is 0 Å². The molecule has 0 heterocycles. The quantitative estimate of drug-likeness (QED) is 0.769. The molecule has 1 amide bonds. The van der Waals surface area contributed by atoms with E-state index in [1.54, 1.807) is 0 Å². The van der Waals surface area contributed by atoms with Gasteiger partial charge in [-0.25, -0.2) is 0 Å². The highest BCUT2D eigenvalue weighted by molar-refractivity contribution is 5.80. The molecule has 3 N–H and O–H groups in total. The van der Waals surface area contributed by atoms with Gasteiger partial charge in [-0.3, -0.25) is 4.79 Å². The monoisotopic (exact) mass is 226 g/mol. The lowest BCUT2D eigenvalue weighted by Crippen LogP contribution is -2.47. The van der Waals surface area contributed by atoms with Crippen molar-refractivity contribution in [2.45, 2.75) is 53.0 Å². The fourth-order valence-electron chi connectivity index (χ4n) is 2.29. The van der Waals surface area contributed by atoms with Crippen LogP contribution in [0.15, 0.2) is 0 Å². The van der Waals surface area contributed by atoms with E-state index >= 15 is 0 Å². The van der Waals surface area contributed by atoms with Crippen molar-refractivity contribution in [2.24, 2.45) is 23.0 Å². The molecule has 3 atom stereocenters. The number of rotatable bonds is 4. The predicted octanol–water partition coefficient (Wildman–Crippen LogP) is 1.91. The summed E-state index contributed by atoms with van der Waals surface area (Å²) in [5.74, 6) is 1.28. The minimum atomic E-state index is -0.444.